The molecule has 4 heteroatoms. The zero-order chi connectivity index (χ0) is 52.2. The second-order valence-corrected chi connectivity index (χ2v) is 21.4. The molecule has 64 heavy (non-hydrogen) atoms. The van der Waals surface area contributed by atoms with Gasteiger partial charge < -0.3 is 5.11 Å². The molecule has 0 amide bonds. The fourth-order valence-electron chi connectivity index (χ4n) is 8.22. The molecule has 1 N–H and O–H groups in total. The van der Waals surface area contributed by atoms with Crippen LogP contribution in [-0.2, 0) is 21.7 Å². The highest BCUT2D eigenvalue weighted by atomic mass is 16.3. The predicted molar refractivity (Wildman–Crippen MR) is 272 cm³/mol. The van der Waals surface area contributed by atoms with Crippen molar-refractivity contribution in [1.29, 1.82) is 0 Å². The molecular weight excluding hydrogens is 779 g/mol. The SMILES string of the molecule is [2H]c1nc(-c2cc(-c3cccc4c3nc(-c3cc(C(C)(C)C)cc(C(C)(C)C)c3O)n4-c3cc(C)c(C)c(-c4ccccc4)c3)cc(C(C)(C)C)c2)c([2H])c(-c2c([2H])c([2H])c(C(C)(C)C)c([2H])c2[2H])c1[2H]. The number of aromatic hydroxyl groups is 1. The van der Waals surface area contributed by atoms with Gasteiger partial charge in [0, 0.05) is 28.6 Å². The van der Waals surface area contributed by atoms with E-state index in [4.69, 9.17) is 13.2 Å². The number of pyridine rings is 1. The molecule has 0 spiro atoms. The lowest BCUT2D eigenvalue weighted by Crippen LogP contribution is -2.17. The monoisotopic (exact) mass is 851 g/mol. The van der Waals surface area contributed by atoms with Gasteiger partial charge in [-0.15, -0.1) is 0 Å². The summed E-state index contributed by atoms with van der Waals surface area (Å²) in [7, 11) is 0. The van der Waals surface area contributed by atoms with Gasteiger partial charge in [0.15, 0.2) is 0 Å². The highest BCUT2D eigenvalue weighted by Gasteiger charge is 2.29. The molecule has 8 rings (SSSR count). The van der Waals surface area contributed by atoms with Crippen LogP contribution in [0, 0.1) is 13.8 Å². The van der Waals surface area contributed by atoms with Gasteiger partial charge in [-0.3, -0.25) is 9.55 Å². The van der Waals surface area contributed by atoms with E-state index in [0.29, 0.717) is 22.5 Å². The van der Waals surface area contributed by atoms with Crippen LogP contribution in [0.3, 0.4) is 0 Å². The molecule has 4 nitrogen and oxygen atoms in total. The number of rotatable bonds is 6. The number of fused-ring (bicyclic) bond motifs is 1. The van der Waals surface area contributed by atoms with Crippen molar-refractivity contribution in [3.05, 3.63) is 167 Å². The van der Waals surface area contributed by atoms with Crippen LogP contribution in [0.25, 0.3) is 72.7 Å². The molecule has 326 valence electrons. The first-order chi connectivity index (χ1) is 32.9. The van der Waals surface area contributed by atoms with E-state index in [1.54, 1.807) is 0 Å². The maximum absolute atomic E-state index is 12.5. The normalized spacial score (nSPS) is 14.1. The Morgan fingerprint density at radius 1 is 0.531 bits per heavy atom. The molecular formula is C60H65N3O. The molecule has 0 saturated carbocycles. The summed E-state index contributed by atoms with van der Waals surface area (Å²) in [5.41, 5.74) is 10.3. The Bertz CT molecular complexity index is 3430. The standard InChI is InChI=1S/C60H65N3O/c1-37-29-47(36-49(38(37)2)40-19-16-15-17-20-40)63-53-22-18-21-48(54(53)62-56(63)50-34-46(59(9,10)11)35-51(55(50)64)60(12,13)14)42-30-43(32-45(31-42)58(6,7)8)52-33-41(27-28-61-52)39-23-25-44(26-24-39)57(3,4)5/h15-36,64H,1-14H3/i23D,24D,25D,26D,27D,28D,33D. The summed E-state index contributed by atoms with van der Waals surface area (Å²) in [6, 6.07) is 29.0. The van der Waals surface area contributed by atoms with Crippen LogP contribution in [-0.4, -0.2) is 19.6 Å². The number of phenolic OH excluding ortho intramolecular Hbond substituents is 1. The molecule has 2 heterocycles. The Balaban J connectivity index is 1.46. The minimum atomic E-state index is -0.713. The third kappa shape index (κ3) is 8.55. The zero-order valence-corrected chi connectivity index (χ0v) is 39.9. The lowest BCUT2D eigenvalue weighted by molar-refractivity contribution is 0.446. The van der Waals surface area contributed by atoms with E-state index >= 15 is 0 Å². The largest absolute Gasteiger partial charge is 0.507 e. The number of aromatic nitrogens is 3. The van der Waals surface area contributed by atoms with Crippen LogP contribution in [0.5, 0.6) is 5.75 Å². The van der Waals surface area contributed by atoms with Crippen LogP contribution in [0.15, 0.2) is 133 Å². The molecule has 0 unspecified atom stereocenters. The smallest absolute Gasteiger partial charge is 0.149 e. The van der Waals surface area contributed by atoms with Crippen LogP contribution >= 0.6 is 0 Å². The van der Waals surface area contributed by atoms with Gasteiger partial charge in [0.2, 0.25) is 0 Å². The molecule has 0 aliphatic rings. The van der Waals surface area contributed by atoms with Crippen molar-refractivity contribution >= 4 is 11.0 Å². The average molecular weight is 851 g/mol. The number of nitrogens with zero attached hydrogens (tertiary/aromatic N) is 3. The molecule has 0 aliphatic carbocycles. The Morgan fingerprint density at radius 3 is 1.81 bits per heavy atom. The van der Waals surface area contributed by atoms with Gasteiger partial charge in [0.05, 0.1) is 31.9 Å². The van der Waals surface area contributed by atoms with E-state index in [0.717, 1.165) is 61.3 Å². The summed E-state index contributed by atoms with van der Waals surface area (Å²) in [5.74, 6) is 0.731. The van der Waals surface area contributed by atoms with Gasteiger partial charge in [0.1, 0.15) is 11.6 Å². The van der Waals surface area contributed by atoms with Crippen molar-refractivity contribution in [2.24, 2.45) is 0 Å². The maximum Gasteiger partial charge on any atom is 0.149 e. The van der Waals surface area contributed by atoms with Gasteiger partial charge in [-0.1, -0.05) is 162 Å². The topological polar surface area (TPSA) is 50.9 Å². The molecule has 2 aromatic heterocycles. The predicted octanol–water partition coefficient (Wildman–Crippen LogP) is 16.3. The number of imidazole rings is 1. The van der Waals surface area contributed by atoms with Gasteiger partial charge in [-0.05, 0) is 140 Å². The number of phenols is 1. The number of benzene rings is 6. The molecule has 8 aromatic rings. The number of hydrogen-bond acceptors (Lipinski definition) is 3. The highest BCUT2D eigenvalue weighted by molar-refractivity contribution is 5.97. The lowest BCUT2D eigenvalue weighted by atomic mass is 9.79. The first-order valence-electron chi connectivity index (χ1n) is 25.7. The molecule has 0 saturated heterocycles. The molecule has 0 atom stereocenters. The number of aryl methyl sites for hydroxylation is 1. The summed E-state index contributed by atoms with van der Waals surface area (Å²) in [5, 5.41) is 12.5. The Hall–Kier alpha value is -6.26. The van der Waals surface area contributed by atoms with Gasteiger partial charge in [-0.2, -0.15) is 0 Å². The Morgan fingerprint density at radius 2 is 1.17 bits per heavy atom. The van der Waals surface area contributed by atoms with Gasteiger partial charge in [-0.25, -0.2) is 4.98 Å². The summed E-state index contributed by atoms with van der Waals surface area (Å²) < 4.78 is 66.0. The first-order valence-corrected chi connectivity index (χ1v) is 22.2. The molecule has 0 fully saturated rings. The first kappa shape index (κ1) is 36.1. The van der Waals surface area contributed by atoms with Crippen molar-refractivity contribution in [1.82, 2.24) is 14.5 Å². The van der Waals surface area contributed by atoms with E-state index in [1.807, 2.05) is 63.2 Å². The van der Waals surface area contributed by atoms with Crippen LogP contribution < -0.4 is 0 Å². The minimum absolute atomic E-state index is 0.0747. The zero-order valence-electron chi connectivity index (χ0n) is 46.9. The van der Waals surface area contributed by atoms with E-state index in [1.165, 1.54) is 0 Å². The van der Waals surface area contributed by atoms with Crippen molar-refractivity contribution < 1.29 is 14.7 Å². The van der Waals surface area contributed by atoms with Crippen molar-refractivity contribution in [2.45, 2.75) is 119 Å². The molecule has 0 bridgehead atoms. The highest BCUT2D eigenvalue weighted by Crippen LogP contribution is 2.45. The van der Waals surface area contributed by atoms with E-state index in [-0.39, 0.29) is 63.8 Å². The lowest BCUT2D eigenvalue weighted by Gasteiger charge is -2.27. The van der Waals surface area contributed by atoms with Crippen molar-refractivity contribution in [2.75, 3.05) is 0 Å². The Labute approximate surface area is 392 Å². The van der Waals surface area contributed by atoms with Gasteiger partial charge >= 0.3 is 0 Å². The fraction of sp³-hybridized carbons (Fsp3) is 0.300. The van der Waals surface area contributed by atoms with E-state index < -0.39 is 28.5 Å². The quantitative estimate of drug-likeness (QED) is 0.181. The fourth-order valence-corrected chi connectivity index (χ4v) is 8.22. The maximum atomic E-state index is 12.5. The third-order valence-corrected chi connectivity index (χ3v) is 12.3. The van der Waals surface area contributed by atoms with Gasteiger partial charge in [0.25, 0.3) is 0 Å². The number of para-hydroxylation sites is 1. The number of hydrogen-bond donors (Lipinski definition) is 1. The van der Waals surface area contributed by atoms with Crippen LogP contribution in [0.4, 0.5) is 0 Å². The molecule has 0 aliphatic heterocycles. The summed E-state index contributed by atoms with van der Waals surface area (Å²) in [6.45, 7) is 28.8. The summed E-state index contributed by atoms with van der Waals surface area (Å²) in [4.78, 5) is 10.1. The summed E-state index contributed by atoms with van der Waals surface area (Å²) >= 11 is 0. The second kappa shape index (κ2) is 16.1. The third-order valence-electron chi connectivity index (χ3n) is 12.3. The Kier molecular flexibility index (Phi) is 9.07. The van der Waals surface area contributed by atoms with E-state index in [2.05, 4.69) is 134 Å². The van der Waals surface area contributed by atoms with E-state index in [9.17, 15) is 6.48 Å². The van der Waals surface area contributed by atoms with Crippen LogP contribution in [0.2, 0.25) is 0 Å². The van der Waals surface area contributed by atoms with Crippen molar-refractivity contribution in [3.8, 4) is 67.5 Å². The minimum Gasteiger partial charge on any atom is -0.507 e. The second-order valence-electron chi connectivity index (χ2n) is 21.4. The summed E-state index contributed by atoms with van der Waals surface area (Å²) in [6.07, 6.45) is -0.453. The molecule has 0 radical (unpaired) electrons. The molecule has 6 aromatic carbocycles. The average Bonchev–Trinajstić information content (AvgIpc) is 3.67. The van der Waals surface area contributed by atoms with Crippen LogP contribution in [0.1, 0.15) is 126 Å². The van der Waals surface area contributed by atoms with Crippen molar-refractivity contribution in [3.63, 3.8) is 0 Å².